The first-order chi connectivity index (χ1) is 50.5. The van der Waals surface area contributed by atoms with Gasteiger partial charge in [0.05, 0.1) is 23.0 Å². The maximum absolute atomic E-state index is 15.1. The van der Waals surface area contributed by atoms with Gasteiger partial charge in [0.2, 0.25) is 28.6 Å². The number of aromatic nitrogens is 1. The van der Waals surface area contributed by atoms with Crippen LogP contribution in [0.1, 0.15) is 137 Å². The van der Waals surface area contributed by atoms with Crippen LogP contribution < -0.4 is 63.3 Å². The highest BCUT2D eigenvalue weighted by atomic mass is 16.7. The number of unbranched alkanes of at least 4 members (excludes halogenated alkanes) is 2. The SMILES string of the molecule is CO[C@H]1/C=C/O[C@@]2(C)Oc3c(C)c(O)c4c(=O)c(c5oc6cc(N7CCC(NC(=O)OCc8ccc(NC(=O)[C@H](CCCNC(N)=O)NC(=O)C9(C(=O)NCCCCCN%10C(=O)C=CC%10=O)CCC9)cc8)CC7)cc(=O)c6nc5c4c3=C2O)NC(=O)/C(C)=C\C=C\[C@H](C)C[C@@H](C)C[C@@H](C)[C@H](OC(C)=O)[C@@H]1C. The van der Waals surface area contributed by atoms with Gasteiger partial charge in [0.1, 0.15) is 46.9 Å². The Morgan fingerprint density at radius 3 is 2.24 bits per heavy atom. The van der Waals surface area contributed by atoms with Gasteiger partial charge in [-0.15, -0.1) is 0 Å². The minimum absolute atomic E-state index is 0.0364. The average molecular weight is 1460 g/mol. The molecule has 5 aromatic rings. The van der Waals surface area contributed by atoms with Crippen LogP contribution in [0.2, 0.25) is 0 Å². The number of benzene rings is 4. The van der Waals surface area contributed by atoms with Gasteiger partial charge in [0.25, 0.3) is 17.7 Å². The molecular formula is C77H94N10O19. The number of urea groups is 1. The Bertz CT molecular complexity index is 4560. The third-order valence-corrected chi connectivity index (χ3v) is 20.6. The summed E-state index contributed by atoms with van der Waals surface area (Å²) < 4.78 is 36.6. The number of amides is 9. The molecule has 106 heavy (non-hydrogen) atoms. The van der Waals surface area contributed by atoms with Gasteiger partial charge in [0.15, 0.2) is 22.4 Å². The number of phenolic OH excluding ortho intramolecular Hbond substituents is 1. The molecule has 1 saturated heterocycles. The second-order valence-electron chi connectivity index (χ2n) is 28.6. The number of carbonyl (C=O) groups excluding carboxylic acids is 9. The maximum atomic E-state index is 15.1. The molecule has 9 amide bonds. The van der Waals surface area contributed by atoms with Gasteiger partial charge in [0, 0.05) is 118 Å². The van der Waals surface area contributed by atoms with Gasteiger partial charge in [-0.2, -0.15) is 0 Å². The number of hydrogen-bond acceptors (Lipinski definition) is 21. The Balaban J connectivity index is 0.815. The smallest absolute Gasteiger partial charge is 0.407 e. The Labute approximate surface area is 611 Å². The first-order valence-electron chi connectivity index (χ1n) is 36.0. The van der Waals surface area contributed by atoms with Crippen molar-refractivity contribution in [1.29, 1.82) is 0 Å². The molecule has 0 unspecified atom stereocenters. The zero-order chi connectivity index (χ0) is 76.5. The molecule has 5 aliphatic rings. The number of primary amides is 1. The number of rotatable bonds is 21. The quantitative estimate of drug-likeness (QED) is 0.00845. The predicted octanol–water partition coefficient (Wildman–Crippen LogP) is 7.77. The fourth-order valence-electron chi connectivity index (χ4n) is 14.6. The number of piperidine rings is 1. The van der Waals surface area contributed by atoms with Crippen molar-refractivity contribution >= 4 is 109 Å². The van der Waals surface area contributed by atoms with Crippen molar-refractivity contribution in [2.75, 3.05) is 55.4 Å². The first kappa shape index (κ1) is 77.8. The average Bonchev–Trinajstić information content (AvgIpc) is 1.42. The number of alkyl carbamates (subject to hydrolysis) is 1. The van der Waals surface area contributed by atoms with E-state index in [-0.39, 0.29) is 143 Å². The lowest BCUT2D eigenvalue weighted by molar-refractivity contribution is -0.155. The monoisotopic (exact) mass is 1460 g/mol. The van der Waals surface area contributed by atoms with Crippen molar-refractivity contribution in [3.8, 4) is 11.5 Å². The summed E-state index contributed by atoms with van der Waals surface area (Å²) in [6.45, 7) is 15.2. The van der Waals surface area contributed by atoms with Crippen LogP contribution in [0.15, 0.2) is 98.7 Å². The number of hydrogen-bond donors (Lipinski definition) is 9. The van der Waals surface area contributed by atoms with Crippen LogP contribution >= 0.6 is 0 Å². The zero-order valence-electron chi connectivity index (χ0n) is 61.1. The van der Waals surface area contributed by atoms with E-state index < -0.39 is 105 Å². The molecule has 8 atom stereocenters. The maximum Gasteiger partial charge on any atom is 0.407 e. The summed E-state index contributed by atoms with van der Waals surface area (Å²) in [5.41, 5.74) is 2.87. The Hall–Kier alpha value is -10.8. The summed E-state index contributed by atoms with van der Waals surface area (Å²) in [7, 11) is 1.51. The molecule has 4 bridgehead atoms. The Morgan fingerprint density at radius 2 is 1.57 bits per heavy atom. The van der Waals surface area contributed by atoms with Crippen molar-refractivity contribution in [2.45, 2.75) is 169 Å². The van der Waals surface area contributed by atoms with E-state index in [0.29, 0.717) is 75.0 Å². The predicted molar refractivity (Wildman–Crippen MR) is 394 cm³/mol. The summed E-state index contributed by atoms with van der Waals surface area (Å²) >= 11 is 0. The van der Waals surface area contributed by atoms with Crippen LogP contribution in [0.3, 0.4) is 0 Å². The number of aromatic hydroxyl groups is 1. The number of anilines is 3. The molecule has 2 fully saturated rings. The minimum atomic E-state index is -1.99. The van der Waals surface area contributed by atoms with E-state index in [2.05, 4.69) is 45.7 Å². The number of carbonyl (C=O) groups is 9. The van der Waals surface area contributed by atoms with E-state index in [1.165, 1.54) is 52.4 Å². The van der Waals surface area contributed by atoms with Gasteiger partial charge >= 0.3 is 23.9 Å². The van der Waals surface area contributed by atoms with E-state index in [9.17, 15) is 58.2 Å². The number of phenols is 1. The van der Waals surface area contributed by atoms with Crippen molar-refractivity contribution < 1.29 is 81.5 Å². The number of nitrogens with zero attached hydrogens (tertiary/aromatic N) is 3. The molecule has 10 N–H and O–H groups in total. The second kappa shape index (κ2) is 33.5. The number of aliphatic hydroxyl groups excluding tert-OH is 1. The summed E-state index contributed by atoms with van der Waals surface area (Å²) in [6, 6.07) is 7.25. The van der Waals surface area contributed by atoms with Crippen molar-refractivity contribution in [2.24, 2.45) is 34.8 Å². The molecule has 5 heterocycles. The number of nitrogens with two attached hydrogens (primary N) is 1. The Morgan fingerprint density at radius 1 is 0.858 bits per heavy atom. The minimum Gasteiger partial charge on any atom is -0.507 e. The number of nitrogens with one attached hydrogen (secondary N) is 6. The van der Waals surface area contributed by atoms with Gasteiger partial charge < -0.3 is 80.8 Å². The van der Waals surface area contributed by atoms with Crippen LogP contribution in [0.5, 0.6) is 11.5 Å². The van der Waals surface area contributed by atoms with Crippen LogP contribution in [0.4, 0.5) is 26.7 Å². The lowest BCUT2D eigenvalue weighted by Crippen LogP contribution is -2.58. The summed E-state index contributed by atoms with van der Waals surface area (Å²) in [5.74, 6) is -6.91. The fourth-order valence-corrected chi connectivity index (χ4v) is 14.6. The van der Waals surface area contributed by atoms with Crippen LogP contribution in [-0.2, 0) is 59.1 Å². The number of methoxy groups -OCH3 is 1. The summed E-state index contributed by atoms with van der Waals surface area (Å²) in [5, 5.41) is 40.3. The number of ether oxygens (including phenoxy) is 5. The summed E-state index contributed by atoms with van der Waals surface area (Å²) in [6.07, 6.45) is 14.3. The highest BCUT2D eigenvalue weighted by Crippen LogP contribution is 2.44. The molecule has 29 heteroatoms. The molecule has 1 aromatic heterocycles. The molecular weight excluding hydrogens is 1370 g/mol. The van der Waals surface area contributed by atoms with E-state index in [1.807, 2.05) is 24.8 Å². The highest BCUT2D eigenvalue weighted by molar-refractivity contribution is 6.17. The van der Waals surface area contributed by atoms with Crippen LogP contribution in [-0.4, -0.2) is 144 Å². The molecule has 1 aliphatic carbocycles. The molecule has 566 valence electrons. The van der Waals surface area contributed by atoms with E-state index >= 15 is 4.79 Å². The third kappa shape index (κ3) is 17.4. The Kier molecular flexibility index (Phi) is 24.6. The van der Waals surface area contributed by atoms with E-state index in [1.54, 1.807) is 55.5 Å². The second-order valence-corrected chi connectivity index (χ2v) is 28.6. The molecule has 29 nitrogen and oxygen atoms in total. The molecule has 1 saturated carbocycles. The lowest BCUT2D eigenvalue weighted by Gasteiger charge is -2.39. The van der Waals surface area contributed by atoms with Crippen LogP contribution in [0.25, 0.3) is 38.7 Å². The summed E-state index contributed by atoms with van der Waals surface area (Å²) in [4.78, 5) is 154. The number of fused-ring (bicyclic) bond motifs is 2. The van der Waals surface area contributed by atoms with Gasteiger partial charge in [-0.05, 0) is 126 Å². The molecule has 4 aromatic carbocycles. The molecule has 10 rings (SSSR count). The van der Waals surface area contributed by atoms with E-state index in [0.717, 1.165) is 11.3 Å². The number of esters is 1. The normalized spacial score (nSPS) is 23.4. The number of allylic oxidation sites excluding steroid dienone is 3. The first-order valence-corrected chi connectivity index (χ1v) is 36.0. The molecule has 4 aliphatic heterocycles. The largest absolute Gasteiger partial charge is 0.507 e. The zero-order valence-corrected chi connectivity index (χ0v) is 61.1. The highest BCUT2D eigenvalue weighted by Gasteiger charge is 2.51. The third-order valence-electron chi connectivity index (χ3n) is 20.6. The van der Waals surface area contributed by atoms with Gasteiger partial charge in [-0.1, -0.05) is 64.5 Å². The standard InChI is InChI=1S/C77H94N10O19/c1-41-16-13-17-43(3)70(95)85-63-65(93)59-58(60-67(46(6)64(59)92)106-76(8,69(60)94)103-35-27-54(101-9)45(5)66(104-47(7)88)44(4)37-42(2)36-41)62-68(63)105-55-39-51(38-53(89)61(55)84-62)86-33-25-50(26-34-86)82-75(100)102-40-48-19-21-49(22-20-48)81-71(96)52(18-14-31-80-74(78)99)83-73(98)77(28-15-29-77)72(97)79-30-11-10-12-32-87-56(90)23-24-57(87)91/h13,16-17,19-24,27,35,38-39,41-42,44-45,50,52,54,66,92,94H,10-12,14-15,18,25-26,28-34,36-37,40H2,1-9H3,(H,79,97)(H,81,96)(H,82,100)(H,83,98)(H,85,95)(H3,78,80,99)/b16-13+,35-27+,43-17-/t41-,42+,44+,45+,52-,54-,66-,76-/m0/s1. The molecule has 0 spiro atoms. The molecule has 0 radical (unpaired) electrons. The van der Waals surface area contributed by atoms with E-state index in [4.69, 9.17) is 38.8 Å². The fraction of sp³-hybridized carbons (Fsp3) is 0.481. The van der Waals surface area contributed by atoms with Crippen molar-refractivity contribution in [3.05, 3.63) is 121 Å². The van der Waals surface area contributed by atoms with Gasteiger partial charge in [-0.25, -0.2) is 14.6 Å². The van der Waals surface area contributed by atoms with Gasteiger partial charge in [-0.3, -0.25) is 48.1 Å². The van der Waals surface area contributed by atoms with Crippen molar-refractivity contribution in [1.82, 2.24) is 31.2 Å². The number of aliphatic hydroxyl groups is 1. The number of imide groups is 1. The van der Waals surface area contributed by atoms with Crippen LogP contribution in [0, 0.1) is 36.0 Å². The topological polar surface area (TPSA) is 405 Å². The van der Waals surface area contributed by atoms with Crippen molar-refractivity contribution in [3.63, 3.8) is 0 Å². The lowest BCUT2D eigenvalue weighted by atomic mass is 9.67.